The summed E-state index contributed by atoms with van der Waals surface area (Å²) in [5.41, 5.74) is 5.47. The average molecular weight is 333 g/mol. The Kier molecular flexibility index (Phi) is 10.7. The van der Waals surface area contributed by atoms with Gasteiger partial charge in [-0.3, -0.25) is 4.79 Å². The van der Waals surface area contributed by atoms with Gasteiger partial charge in [-0.2, -0.15) is 0 Å². The average Bonchev–Trinajstić information content (AvgIpc) is 2.80. The van der Waals surface area contributed by atoms with Gasteiger partial charge in [-0.05, 0) is 52.3 Å². The van der Waals surface area contributed by atoms with Gasteiger partial charge in [-0.1, -0.05) is 12.8 Å². The molecule has 21 heavy (non-hydrogen) atoms. The fourth-order valence-corrected chi connectivity index (χ4v) is 3.10. The minimum Gasteiger partial charge on any atom is -0.335 e. The molecule has 0 aliphatic rings. The Morgan fingerprint density at radius 3 is 2.43 bits per heavy atom. The molecule has 0 radical (unpaired) electrons. The summed E-state index contributed by atoms with van der Waals surface area (Å²) in [6, 6.07) is 4.51. The van der Waals surface area contributed by atoms with Crippen molar-refractivity contribution in [3.8, 4) is 0 Å². The summed E-state index contributed by atoms with van der Waals surface area (Å²) in [5.74, 6) is 0.277. The van der Waals surface area contributed by atoms with E-state index in [2.05, 4.69) is 32.9 Å². The maximum atomic E-state index is 12.3. The van der Waals surface area contributed by atoms with Crippen molar-refractivity contribution in [2.75, 3.05) is 6.54 Å². The number of rotatable bonds is 9. The lowest BCUT2D eigenvalue weighted by atomic mass is 10.1. The van der Waals surface area contributed by atoms with Crippen LogP contribution in [0.3, 0.4) is 0 Å². The zero-order valence-electron chi connectivity index (χ0n) is 13.4. The Balaban J connectivity index is 0.00000400. The molecule has 0 aromatic carbocycles. The maximum Gasteiger partial charge on any atom is 0.223 e. The van der Waals surface area contributed by atoms with Crippen LogP contribution in [0.5, 0.6) is 0 Å². The van der Waals surface area contributed by atoms with Gasteiger partial charge in [0.2, 0.25) is 5.91 Å². The van der Waals surface area contributed by atoms with Crippen molar-refractivity contribution in [1.29, 1.82) is 0 Å². The third-order valence-corrected chi connectivity index (χ3v) is 4.40. The summed E-state index contributed by atoms with van der Waals surface area (Å²) in [6.45, 7) is 7.79. The van der Waals surface area contributed by atoms with Crippen LogP contribution in [0.4, 0.5) is 0 Å². The zero-order chi connectivity index (χ0) is 15.0. The lowest BCUT2D eigenvalue weighted by molar-refractivity contribution is -0.133. The van der Waals surface area contributed by atoms with E-state index in [0.717, 1.165) is 38.8 Å². The molecule has 1 aromatic rings. The molecular weight excluding hydrogens is 304 g/mol. The van der Waals surface area contributed by atoms with E-state index in [1.807, 2.05) is 4.90 Å². The van der Waals surface area contributed by atoms with E-state index in [1.165, 1.54) is 9.75 Å². The number of nitrogens with zero attached hydrogens (tertiary/aromatic N) is 1. The van der Waals surface area contributed by atoms with Crippen LogP contribution in [0, 0.1) is 6.92 Å². The number of amides is 1. The van der Waals surface area contributed by atoms with Crippen molar-refractivity contribution < 1.29 is 4.79 Å². The Labute approximate surface area is 139 Å². The second-order valence-electron chi connectivity index (χ2n) is 5.58. The topological polar surface area (TPSA) is 46.3 Å². The minimum absolute atomic E-state index is 0. The van der Waals surface area contributed by atoms with Crippen molar-refractivity contribution >= 4 is 29.7 Å². The summed E-state index contributed by atoms with van der Waals surface area (Å²) in [7, 11) is 0. The molecule has 0 saturated carbocycles. The molecule has 0 aliphatic heterocycles. The van der Waals surface area contributed by atoms with Gasteiger partial charge in [-0.15, -0.1) is 23.7 Å². The fraction of sp³-hybridized carbons (Fsp3) is 0.688. The van der Waals surface area contributed by atoms with Crippen molar-refractivity contribution in [3.63, 3.8) is 0 Å². The van der Waals surface area contributed by atoms with Gasteiger partial charge in [0.05, 0.1) is 6.54 Å². The van der Waals surface area contributed by atoms with E-state index in [0.29, 0.717) is 6.42 Å². The third kappa shape index (κ3) is 7.84. The SMILES string of the molecule is Cc1ccc(CN(C(=O)CCCCCCN)C(C)C)s1.Cl. The zero-order valence-corrected chi connectivity index (χ0v) is 15.1. The second kappa shape index (κ2) is 11.0. The standard InChI is InChI=1S/C16H28N2OS.ClH/c1-13(2)18(12-15-10-9-14(3)20-15)16(19)8-6-4-5-7-11-17;/h9-10,13H,4-8,11-12,17H2,1-3H3;1H. The summed E-state index contributed by atoms with van der Waals surface area (Å²) >= 11 is 1.78. The number of carbonyl (C=O) groups is 1. The minimum atomic E-state index is 0. The molecule has 0 spiro atoms. The number of hydrogen-bond donors (Lipinski definition) is 1. The Bertz CT molecular complexity index is 407. The second-order valence-corrected chi connectivity index (χ2v) is 6.95. The molecule has 1 heterocycles. The predicted octanol–water partition coefficient (Wildman–Crippen LogP) is 4.12. The number of halogens is 1. The first-order chi connectivity index (χ1) is 9.54. The first-order valence-corrected chi connectivity index (χ1v) is 8.41. The molecule has 1 amide bonds. The monoisotopic (exact) mass is 332 g/mol. The van der Waals surface area contributed by atoms with Crippen molar-refractivity contribution in [1.82, 2.24) is 4.90 Å². The first kappa shape index (κ1) is 20.4. The quantitative estimate of drug-likeness (QED) is 0.691. The number of unbranched alkanes of at least 4 members (excludes halogenated alkanes) is 3. The molecule has 0 aliphatic carbocycles. The highest BCUT2D eigenvalue weighted by atomic mass is 35.5. The van der Waals surface area contributed by atoms with Crippen LogP contribution < -0.4 is 5.73 Å². The molecule has 0 atom stereocenters. The third-order valence-electron chi connectivity index (χ3n) is 3.41. The largest absolute Gasteiger partial charge is 0.335 e. The first-order valence-electron chi connectivity index (χ1n) is 7.59. The van der Waals surface area contributed by atoms with Crippen molar-refractivity contribution in [2.45, 2.75) is 65.5 Å². The number of aryl methyl sites for hydroxylation is 1. The van der Waals surface area contributed by atoms with Crippen LogP contribution in [0.25, 0.3) is 0 Å². The number of nitrogens with two attached hydrogens (primary N) is 1. The molecule has 5 heteroatoms. The van der Waals surface area contributed by atoms with Gasteiger partial charge in [0.1, 0.15) is 0 Å². The van der Waals surface area contributed by atoms with Gasteiger partial charge in [0.15, 0.2) is 0 Å². The summed E-state index contributed by atoms with van der Waals surface area (Å²) < 4.78 is 0. The molecule has 122 valence electrons. The van der Waals surface area contributed by atoms with E-state index >= 15 is 0 Å². The van der Waals surface area contributed by atoms with Crippen LogP contribution in [-0.2, 0) is 11.3 Å². The normalized spacial score (nSPS) is 10.5. The van der Waals surface area contributed by atoms with E-state index in [9.17, 15) is 4.79 Å². The van der Waals surface area contributed by atoms with Gasteiger partial charge >= 0.3 is 0 Å². The van der Waals surface area contributed by atoms with Gasteiger partial charge < -0.3 is 10.6 Å². The summed E-state index contributed by atoms with van der Waals surface area (Å²) in [5, 5.41) is 0. The van der Waals surface area contributed by atoms with Crippen LogP contribution in [0.1, 0.15) is 55.7 Å². The number of carbonyl (C=O) groups excluding carboxylic acids is 1. The van der Waals surface area contributed by atoms with Gasteiger partial charge in [-0.25, -0.2) is 0 Å². The Morgan fingerprint density at radius 2 is 1.90 bits per heavy atom. The maximum absolute atomic E-state index is 12.3. The van der Waals surface area contributed by atoms with Gasteiger partial charge in [0.25, 0.3) is 0 Å². The molecule has 1 aromatic heterocycles. The van der Waals surface area contributed by atoms with Crippen LogP contribution >= 0.6 is 23.7 Å². The molecule has 0 saturated heterocycles. The Morgan fingerprint density at radius 1 is 1.24 bits per heavy atom. The summed E-state index contributed by atoms with van der Waals surface area (Å²) in [6.07, 6.45) is 4.94. The highest BCUT2D eigenvalue weighted by Gasteiger charge is 2.17. The molecule has 0 unspecified atom stereocenters. The van der Waals surface area contributed by atoms with Crippen LogP contribution in [0.2, 0.25) is 0 Å². The van der Waals surface area contributed by atoms with E-state index < -0.39 is 0 Å². The van der Waals surface area contributed by atoms with Crippen molar-refractivity contribution in [3.05, 3.63) is 21.9 Å². The number of hydrogen-bond acceptors (Lipinski definition) is 3. The summed E-state index contributed by atoms with van der Waals surface area (Å²) in [4.78, 5) is 16.9. The molecule has 2 N–H and O–H groups in total. The number of thiophene rings is 1. The highest BCUT2D eigenvalue weighted by molar-refractivity contribution is 7.11. The van der Waals surface area contributed by atoms with Crippen LogP contribution in [-0.4, -0.2) is 23.4 Å². The van der Waals surface area contributed by atoms with E-state index in [4.69, 9.17) is 5.73 Å². The smallest absolute Gasteiger partial charge is 0.223 e. The van der Waals surface area contributed by atoms with Crippen molar-refractivity contribution in [2.24, 2.45) is 5.73 Å². The predicted molar refractivity (Wildman–Crippen MR) is 94.1 cm³/mol. The Hall–Kier alpha value is -0.580. The lowest BCUT2D eigenvalue weighted by Gasteiger charge is -2.26. The molecule has 3 nitrogen and oxygen atoms in total. The molecule has 0 fully saturated rings. The lowest BCUT2D eigenvalue weighted by Crippen LogP contribution is -2.35. The van der Waals surface area contributed by atoms with E-state index in [1.54, 1.807) is 11.3 Å². The fourth-order valence-electron chi connectivity index (χ4n) is 2.21. The molecular formula is C16H29ClN2OS. The molecule has 1 rings (SSSR count). The molecule has 0 bridgehead atoms. The van der Waals surface area contributed by atoms with Crippen LogP contribution in [0.15, 0.2) is 12.1 Å². The van der Waals surface area contributed by atoms with E-state index in [-0.39, 0.29) is 24.4 Å². The highest BCUT2D eigenvalue weighted by Crippen LogP contribution is 2.19. The van der Waals surface area contributed by atoms with Gasteiger partial charge in [0, 0.05) is 22.2 Å².